The molecule has 10 nitrogen and oxygen atoms in total. The summed E-state index contributed by atoms with van der Waals surface area (Å²) in [4.78, 5) is 50.3. The molecule has 0 radical (unpaired) electrons. The molecular weight excluding hydrogens is 496 g/mol. The molecule has 5 rings (SSSR count). The van der Waals surface area contributed by atoms with Crippen LogP contribution in [0.4, 0.5) is 0 Å². The minimum atomic E-state index is -1.16. The summed E-state index contributed by atoms with van der Waals surface area (Å²) in [6.45, 7) is 12.7. The number of rotatable bonds is 3. The maximum atomic E-state index is 13.0. The SMILES string of the molecule is COC(=O)[C@H]1OC(=O)[C@@H]2O[C@@]23[C@@]2(C)[C@H](O)C[C@@H]4C(C)(C)[C@H](OC(C)=O)C[C@H](OC(C)=O)[C@@]4(C)[C@@H]2CC[C@]13C. The van der Waals surface area contributed by atoms with Gasteiger partial charge in [0, 0.05) is 41.9 Å². The maximum absolute atomic E-state index is 13.0. The fourth-order valence-corrected chi connectivity index (χ4v) is 9.77. The first-order chi connectivity index (χ1) is 17.5. The van der Waals surface area contributed by atoms with E-state index >= 15 is 0 Å². The van der Waals surface area contributed by atoms with E-state index in [0.717, 1.165) is 0 Å². The van der Waals surface area contributed by atoms with E-state index in [1.165, 1.54) is 21.0 Å². The van der Waals surface area contributed by atoms with Crippen LogP contribution in [0.15, 0.2) is 0 Å². The molecule has 5 aliphatic rings. The van der Waals surface area contributed by atoms with Crippen LogP contribution < -0.4 is 0 Å². The molecule has 0 amide bonds. The lowest BCUT2D eigenvalue weighted by Gasteiger charge is -2.71. The van der Waals surface area contributed by atoms with Gasteiger partial charge in [0.25, 0.3) is 0 Å². The van der Waals surface area contributed by atoms with Crippen molar-refractivity contribution < 1.29 is 48.0 Å². The molecule has 1 spiro atoms. The lowest BCUT2D eigenvalue weighted by atomic mass is 9.34. The molecule has 3 aliphatic carbocycles. The Morgan fingerprint density at radius 3 is 2.13 bits per heavy atom. The van der Waals surface area contributed by atoms with Crippen LogP contribution in [0.1, 0.15) is 74.1 Å². The third kappa shape index (κ3) is 3.07. The fourth-order valence-electron chi connectivity index (χ4n) is 9.77. The topological polar surface area (TPSA) is 138 Å². The van der Waals surface area contributed by atoms with Crippen molar-refractivity contribution in [3.63, 3.8) is 0 Å². The molecule has 2 aliphatic heterocycles. The highest BCUT2D eigenvalue weighted by Gasteiger charge is 2.89. The molecule has 2 saturated heterocycles. The van der Waals surface area contributed by atoms with E-state index in [4.69, 9.17) is 23.7 Å². The molecule has 0 bridgehead atoms. The van der Waals surface area contributed by atoms with Crippen LogP contribution >= 0.6 is 0 Å². The number of methoxy groups -OCH3 is 1. The number of carbonyl (C=O) groups is 4. The largest absolute Gasteiger partial charge is 0.466 e. The predicted molar refractivity (Wildman–Crippen MR) is 130 cm³/mol. The molecule has 38 heavy (non-hydrogen) atoms. The molecule has 0 aromatic heterocycles. The Hall–Kier alpha value is -2.20. The van der Waals surface area contributed by atoms with Gasteiger partial charge in [-0.3, -0.25) is 9.59 Å². The second-order valence-corrected chi connectivity index (χ2v) is 13.3. The zero-order chi connectivity index (χ0) is 28.2. The predicted octanol–water partition coefficient (Wildman–Crippen LogP) is 2.33. The normalized spacial score (nSPS) is 50.1. The molecule has 212 valence electrons. The van der Waals surface area contributed by atoms with Crippen molar-refractivity contribution >= 4 is 23.9 Å². The van der Waals surface area contributed by atoms with Crippen LogP contribution in [0.3, 0.4) is 0 Å². The molecule has 0 aromatic carbocycles. The minimum Gasteiger partial charge on any atom is -0.466 e. The van der Waals surface area contributed by atoms with E-state index in [-0.39, 0.29) is 11.8 Å². The van der Waals surface area contributed by atoms with Crippen molar-refractivity contribution in [2.24, 2.45) is 33.5 Å². The third-order valence-electron chi connectivity index (χ3n) is 11.5. The number of cyclic esters (lactones) is 1. The van der Waals surface area contributed by atoms with Gasteiger partial charge in [-0.1, -0.05) is 34.6 Å². The van der Waals surface area contributed by atoms with E-state index in [9.17, 15) is 24.3 Å². The van der Waals surface area contributed by atoms with Gasteiger partial charge in [-0.05, 0) is 31.1 Å². The molecule has 0 unspecified atom stereocenters. The van der Waals surface area contributed by atoms with Crippen molar-refractivity contribution in [1.82, 2.24) is 0 Å². The Morgan fingerprint density at radius 1 is 0.947 bits per heavy atom. The number of esters is 4. The Labute approximate surface area is 223 Å². The van der Waals surface area contributed by atoms with Gasteiger partial charge in [0.05, 0.1) is 13.2 Å². The first kappa shape index (κ1) is 27.4. The number of aliphatic hydroxyl groups is 1. The molecule has 0 aromatic rings. The average Bonchev–Trinajstić information content (AvgIpc) is 3.59. The van der Waals surface area contributed by atoms with Gasteiger partial charge < -0.3 is 28.8 Å². The van der Waals surface area contributed by atoms with Gasteiger partial charge in [-0.15, -0.1) is 0 Å². The van der Waals surface area contributed by atoms with Gasteiger partial charge in [0.15, 0.2) is 6.10 Å². The summed E-state index contributed by atoms with van der Waals surface area (Å²) in [6.07, 6.45) is -2.39. The number of carbonyl (C=O) groups excluding carboxylic acids is 4. The number of ether oxygens (including phenoxy) is 5. The van der Waals surface area contributed by atoms with Crippen molar-refractivity contribution in [3.05, 3.63) is 0 Å². The average molecular weight is 537 g/mol. The number of hydrogen-bond donors (Lipinski definition) is 1. The summed E-state index contributed by atoms with van der Waals surface area (Å²) in [7, 11) is 1.26. The van der Waals surface area contributed by atoms with Crippen molar-refractivity contribution in [2.75, 3.05) is 7.11 Å². The first-order valence-electron chi connectivity index (χ1n) is 13.5. The fraction of sp³-hybridized carbons (Fsp3) is 0.857. The highest BCUT2D eigenvalue weighted by atomic mass is 16.7. The summed E-state index contributed by atoms with van der Waals surface area (Å²) in [5.74, 6) is -2.55. The second-order valence-electron chi connectivity index (χ2n) is 13.3. The summed E-state index contributed by atoms with van der Waals surface area (Å²) in [5.41, 5.74) is -4.22. The lowest BCUT2D eigenvalue weighted by molar-refractivity contribution is -0.295. The standard InChI is InChI=1S/C28H40O10/c1-13(29)35-18-12-19(36-14(2)30)26(6)15-9-10-25(5)20(22(32)34-8)37-23(33)21-28(25,38-21)27(15,7)17(31)11-16(26)24(18,3)4/h15-21,31H,9-12H2,1-8H3/t15-,16+,17+,18+,19-,20+,21-,25+,26-,27+,28-/m0/s1. The zero-order valence-electron chi connectivity index (χ0n) is 23.5. The van der Waals surface area contributed by atoms with E-state index in [2.05, 4.69) is 6.92 Å². The molecular formula is C28H40O10. The van der Waals surface area contributed by atoms with Gasteiger partial charge >= 0.3 is 23.9 Å². The number of epoxide rings is 1. The maximum Gasteiger partial charge on any atom is 0.347 e. The van der Waals surface area contributed by atoms with E-state index < -0.39 is 81.7 Å². The Morgan fingerprint density at radius 2 is 1.55 bits per heavy atom. The van der Waals surface area contributed by atoms with E-state index in [0.29, 0.717) is 25.7 Å². The molecule has 5 fully saturated rings. The van der Waals surface area contributed by atoms with Crippen LogP contribution in [0.5, 0.6) is 0 Å². The molecule has 2 heterocycles. The van der Waals surface area contributed by atoms with E-state index in [1.54, 1.807) is 0 Å². The van der Waals surface area contributed by atoms with Crippen molar-refractivity contribution in [3.8, 4) is 0 Å². The second kappa shape index (κ2) is 8.16. The molecule has 1 N–H and O–H groups in total. The van der Waals surface area contributed by atoms with Crippen LogP contribution in [0.25, 0.3) is 0 Å². The van der Waals surface area contributed by atoms with Gasteiger partial charge in [-0.2, -0.15) is 0 Å². The lowest BCUT2D eigenvalue weighted by Crippen LogP contribution is -2.76. The quantitative estimate of drug-likeness (QED) is 0.325. The Kier molecular flexibility index (Phi) is 5.88. The Balaban J connectivity index is 1.66. The monoisotopic (exact) mass is 536 g/mol. The van der Waals surface area contributed by atoms with Crippen LogP contribution in [-0.4, -0.2) is 72.2 Å². The van der Waals surface area contributed by atoms with Crippen molar-refractivity contribution in [1.29, 1.82) is 0 Å². The number of aliphatic hydroxyl groups excluding tert-OH is 1. The zero-order valence-corrected chi connectivity index (χ0v) is 23.5. The molecule has 11 atom stereocenters. The summed E-state index contributed by atoms with van der Waals surface area (Å²) < 4.78 is 28.6. The van der Waals surface area contributed by atoms with Crippen LogP contribution in [0.2, 0.25) is 0 Å². The summed E-state index contributed by atoms with van der Waals surface area (Å²) >= 11 is 0. The highest BCUT2D eigenvalue weighted by molar-refractivity contribution is 5.88. The van der Waals surface area contributed by atoms with Crippen LogP contribution in [0, 0.1) is 33.5 Å². The molecule has 3 saturated carbocycles. The van der Waals surface area contributed by atoms with E-state index in [1.807, 2.05) is 27.7 Å². The third-order valence-corrected chi connectivity index (χ3v) is 11.5. The van der Waals surface area contributed by atoms with Crippen LogP contribution in [-0.2, 0) is 42.9 Å². The van der Waals surface area contributed by atoms with Gasteiger partial charge in [0.2, 0.25) is 6.10 Å². The summed E-state index contributed by atoms with van der Waals surface area (Å²) in [5, 5.41) is 12.0. The van der Waals surface area contributed by atoms with Crippen molar-refractivity contribution in [2.45, 2.75) is 110 Å². The Bertz CT molecular complexity index is 1090. The highest BCUT2D eigenvalue weighted by Crippen LogP contribution is 2.78. The van der Waals surface area contributed by atoms with Gasteiger partial charge in [-0.25, -0.2) is 9.59 Å². The number of hydrogen-bond acceptors (Lipinski definition) is 10. The summed E-state index contributed by atoms with van der Waals surface area (Å²) in [6, 6.07) is 0. The van der Waals surface area contributed by atoms with Gasteiger partial charge in [0.1, 0.15) is 17.8 Å². The smallest absolute Gasteiger partial charge is 0.347 e. The molecule has 10 heteroatoms. The first-order valence-corrected chi connectivity index (χ1v) is 13.5. The minimum absolute atomic E-state index is 0.185. The number of fused-ring (bicyclic) bond motifs is 3.